The number of benzene rings is 1. The van der Waals surface area contributed by atoms with Crippen LogP contribution in [0.5, 0.6) is 0 Å². The van der Waals surface area contributed by atoms with Crippen molar-refractivity contribution >= 4 is 11.3 Å². The maximum atomic E-state index is 4.40. The Balaban J connectivity index is 2.31. The van der Waals surface area contributed by atoms with Gasteiger partial charge in [0.1, 0.15) is 0 Å². The average molecular weight is 187 g/mol. The van der Waals surface area contributed by atoms with Crippen molar-refractivity contribution in [3.05, 3.63) is 39.7 Å². The molecule has 0 N–H and O–H groups in total. The van der Waals surface area contributed by atoms with Gasteiger partial charge in [-0.3, -0.25) is 0 Å². The van der Waals surface area contributed by atoms with Crippen LogP contribution in [0.3, 0.4) is 0 Å². The zero-order chi connectivity index (χ0) is 8.84. The van der Waals surface area contributed by atoms with Crippen LogP contribution in [-0.4, -0.2) is 4.98 Å². The summed E-state index contributed by atoms with van der Waals surface area (Å²) in [5.74, 6) is 0. The van der Waals surface area contributed by atoms with E-state index in [0.717, 1.165) is 6.42 Å². The van der Waals surface area contributed by atoms with E-state index in [1.165, 1.54) is 27.3 Å². The van der Waals surface area contributed by atoms with Gasteiger partial charge in [0, 0.05) is 16.9 Å². The summed E-state index contributed by atoms with van der Waals surface area (Å²) in [5, 5.41) is 0. The van der Waals surface area contributed by atoms with Crippen LogP contribution in [0.15, 0.2) is 23.7 Å². The predicted octanol–water partition coefficient (Wildman–Crippen LogP) is 3.02. The first-order chi connectivity index (χ1) is 6.34. The Hall–Kier alpha value is -1.15. The van der Waals surface area contributed by atoms with Crippen molar-refractivity contribution in [2.75, 3.05) is 0 Å². The molecule has 0 amide bonds. The summed E-state index contributed by atoms with van der Waals surface area (Å²) in [7, 11) is 0. The van der Waals surface area contributed by atoms with Gasteiger partial charge in [-0.1, -0.05) is 17.7 Å². The van der Waals surface area contributed by atoms with Gasteiger partial charge in [-0.2, -0.15) is 0 Å². The Kier molecular flexibility index (Phi) is 1.35. The van der Waals surface area contributed by atoms with E-state index in [0.29, 0.717) is 0 Å². The van der Waals surface area contributed by atoms with E-state index in [-0.39, 0.29) is 0 Å². The van der Waals surface area contributed by atoms with Crippen LogP contribution in [0.2, 0.25) is 0 Å². The first kappa shape index (κ1) is 7.27. The highest BCUT2D eigenvalue weighted by atomic mass is 32.1. The third-order valence-electron chi connectivity index (χ3n) is 2.51. The van der Waals surface area contributed by atoms with Crippen LogP contribution < -0.4 is 0 Å². The Bertz CT molecular complexity index is 471. The number of thiazole rings is 1. The minimum absolute atomic E-state index is 1.08. The van der Waals surface area contributed by atoms with Crippen molar-refractivity contribution < 1.29 is 0 Å². The highest BCUT2D eigenvalue weighted by Gasteiger charge is 2.20. The zero-order valence-electron chi connectivity index (χ0n) is 7.37. The molecule has 0 unspecified atom stereocenters. The summed E-state index contributed by atoms with van der Waals surface area (Å²) in [6, 6.07) is 6.63. The summed E-state index contributed by atoms with van der Waals surface area (Å²) >= 11 is 1.76. The predicted molar refractivity (Wildman–Crippen MR) is 55.1 cm³/mol. The molecule has 0 radical (unpaired) electrons. The number of fused-ring (bicyclic) bond motifs is 3. The Morgan fingerprint density at radius 3 is 3.23 bits per heavy atom. The highest BCUT2D eigenvalue weighted by Crippen LogP contribution is 2.37. The summed E-state index contributed by atoms with van der Waals surface area (Å²) in [4.78, 5) is 5.81. The van der Waals surface area contributed by atoms with Crippen LogP contribution in [0.25, 0.3) is 11.3 Å². The molecule has 0 aliphatic heterocycles. The molecule has 1 aliphatic rings. The van der Waals surface area contributed by atoms with Gasteiger partial charge in [0.2, 0.25) is 0 Å². The summed E-state index contributed by atoms with van der Waals surface area (Å²) in [6.45, 7) is 2.13. The van der Waals surface area contributed by atoms with Gasteiger partial charge in [0.15, 0.2) is 0 Å². The molecule has 2 aromatic rings. The topological polar surface area (TPSA) is 12.9 Å². The van der Waals surface area contributed by atoms with Crippen LogP contribution in [0, 0.1) is 6.92 Å². The van der Waals surface area contributed by atoms with Crippen molar-refractivity contribution in [1.82, 2.24) is 4.98 Å². The monoisotopic (exact) mass is 187 g/mol. The number of hydrogen-bond donors (Lipinski definition) is 0. The molecule has 64 valence electrons. The lowest BCUT2D eigenvalue weighted by Gasteiger charge is -1.99. The Morgan fingerprint density at radius 1 is 1.38 bits per heavy atom. The second kappa shape index (κ2) is 2.42. The molecular weight excluding hydrogens is 178 g/mol. The van der Waals surface area contributed by atoms with Crippen molar-refractivity contribution in [1.29, 1.82) is 0 Å². The molecule has 0 bridgehead atoms. The van der Waals surface area contributed by atoms with Gasteiger partial charge in [-0.05, 0) is 18.6 Å². The minimum atomic E-state index is 1.08. The lowest BCUT2D eigenvalue weighted by atomic mass is 10.1. The number of rotatable bonds is 0. The number of aromatic nitrogens is 1. The molecule has 0 atom stereocenters. The first-order valence-electron chi connectivity index (χ1n) is 4.37. The third kappa shape index (κ3) is 0.954. The fourth-order valence-electron chi connectivity index (χ4n) is 1.85. The molecule has 13 heavy (non-hydrogen) atoms. The number of nitrogens with zero attached hydrogens (tertiary/aromatic N) is 1. The standard InChI is InChI=1S/C11H9NS/c1-7-2-3-8-5-10-11(9(8)4-7)12-6-13-10/h2-4,6H,5H2,1H3. The van der Waals surface area contributed by atoms with E-state index in [4.69, 9.17) is 0 Å². The van der Waals surface area contributed by atoms with E-state index in [1.807, 2.05) is 5.51 Å². The molecule has 0 saturated carbocycles. The summed E-state index contributed by atoms with van der Waals surface area (Å²) in [5.41, 5.74) is 7.25. The molecule has 0 saturated heterocycles. The Labute approximate surface area is 81.1 Å². The van der Waals surface area contributed by atoms with E-state index in [2.05, 4.69) is 30.1 Å². The smallest absolute Gasteiger partial charge is 0.0849 e. The quantitative estimate of drug-likeness (QED) is 0.527. The van der Waals surface area contributed by atoms with Gasteiger partial charge in [0.05, 0.1) is 11.2 Å². The maximum absolute atomic E-state index is 4.40. The van der Waals surface area contributed by atoms with Crippen LogP contribution in [0.1, 0.15) is 16.0 Å². The first-order valence-corrected chi connectivity index (χ1v) is 5.25. The lowest BCUT2D eigenvalue weighted by Crippen LogP contribution is -1.81. The van der Waals surface area contributed by atoms with Crippen molar-refractivity contribution in [2.45, 2.75) is 13.3 Å². The number of aryl methyl sites for hydroxylation is 1. The van der Waals surface area contributed by atoms with Crippen molar-refractivity contribution in [3.8, 4) is 11.3 Å². The second-order valence-corrected chi connectivity index (χ2v) is 4.40. The normalized spacial score (nSPS) is 12.7. The average Bonchev–Trinajstić information content (AvgIpc) is 2.64. The largest absolute Gasteiger partial charge is 0.244 e. The highest BCUT2D eigenvalue weighted by molar-refractivity contribution is 7.10. The fourth-order valence-corrected chi connectivity index (χ4v) is 2.65. The molecule has 1 heterocycles. The SMILES string of the molecule is Cc1ccc2c(c1)-c1ncsc1C2. The number of hydrogen-bond acceptors (Lipinski definition) is 2. The molecule has 3 rings (SSSR count). The molecule has 1 nitrogen and oxygen atoms in total. The van der Waals surface area contributed by atoms with E-state index in [9.17, 15) is 0 Å². The van der Waals surface area contributed by atoms with E-state index >= 15 is 0 Å². The zero-order valence-corrected chi connectivity index (χ0v) is 8.19. The van der Waals surface area contributed by atoms with Gasteiger partial charge in [0.25, 0.3) is 0 Å². The maximum Gasteiger partial charge on any atom is 0.0849 e. The van der Waals surface area contributed by atoms with Crippen molar-refractivity contribution in [3.63, 3.8) is 0 Å². The summed E-state index contributed by atoms with van der Waals surface area (Å²) in [6.07, 6.45) is 1.08. The van der Waals surface area contributed by atoms with Gasteiger partial charge >= 0.3 is 0 Å². The molecular formula is C11H9NS. The fraction of sp³-hybridized carbons (Fsp3) is 0.182. The second-order valence-electron chi connectivity index (χ2n) is 3.46. The van der Waals surface area contributed by atoms with Gasteiger partial charge in [-0.25, -0.2) is 4.98 Å². The molecule has 1 aliphatic carbocycles. The third-order valence-corrected chi connectivity index (χ3v) is 3.35. The molecule has 1 aromatic carbocycles. The van der Waals surface area contributed by atoms with Crippen LogP contribution >= 0.6 is 11.3 Å². The van der Waals surface area contributed by atoms with E-state index in [1.54, 1.807) is 11.3 Å². The van der Waals surface area contributed by atoms with Crippen LogP contribution in [-0.2, 0) is 6.42 Å². The molecule has 1 aromatic heterocycles. The molecule has 0 spiro atoms. The lowest BCUT2D eigenvalue weighted by molar-refractivity contribution is 1.30. The van der Waals surface area contributed by atoms with Gasteiger partial charge < -0.3 is 0 Å². The summed E-state index contributed by atoms with van der Waals surface area (Å²) < 4.78 is 0. The van der Waals surface area contributed by atoms with Gasteiger partial charge in [-0.15, -0.1) is 11.3 Å². The molecule has 0 fully saturated rings. The minimum Gasteiger partial charge on any atom is -0.244 e. The van der Waals surface area contributed by atoms with Crippen molar-refractivity contribution in [2.24, 2.45) is 0 Å². The van der Waals surface area contributed by atoms with E-state index < -0.39 is 0 Å². The Morgan fingerprint density at radius 2 is 2.31 bits per heavy atom. The van der Waals surface area contributed by atoms with Crippen LogP contribution in [0.4, 0.5) is 0 Å². The molecule has 2 heteroatoms.